The van der Waals surface area contributed by atoms with Crippen molar-refractivity contribution in [3.63, 3.8) is 0 Å². The molecular weight excluding hydrogens is 206 g/mol. The number of aliphatic hydroxyl groups excluding tert-OH is 1. The quantitative estimate of drug-likeness (QED) is 0.598. The monoisotopic (exact) mass is 233 g/mol. The van der Waals surface area contributed by atoms with Gasteiger partial charge in [-0.15, -0.1) is 0 Å². The number of hydrogen-bond acceptors (Lipinski definition) is 3. The second-order valence-corrected chi connectivity index (χ2v) is 4.87. The standard InChI is InChI=1S/C12H27NOS/c1-4-6-12(10-15)9-13(11(2)3)7-5-8-14/h11-12,14-15H,4-10H2,1-3H3. The minimum Gasteiger partial charge on any atom is -0.396 e. The molecule has 1 atom stereocenters. The molecule has 0 saturated heterocycles. The van der Waals surface area contributed by atoms with Gasteiger partial charge in [0.25, 0.3) is 0 Å². The predicted molar refractivity (Wildman–Crippen MR) is 70.7 cm³/mol. The summed E-state index contributed by atoms with van der Waals surface area (Å²) in [6.07, 6.45) is 3.37. The summed E-state index contributed by atoms with van der Waals surface area (Å²) in [5, 5.41) is 8.85. The first-order chi connectivity index (χ1) is 7.15. The zero-order valence-corrected chi connectivity index (χ0v) is 11.3. The smallest absolute Gasteiger partial charge is 0.0443 e. The van der Waals surface area contributed by atoms with Crippen LogP contribution in [0, 0.1) is 5.92 Å². The molecule has 0 amide bonds. The molecule has 0 spiro atoms. The summed E-state index contributed by atoms with van der Waals surface area (Å²) in [4.78, 5) is 2.45. The molecule has 0 saturated carbocycles. The van der Waals surface area contributed by atoms with Gasteiger partial charge in [-0.1, -0.05) is 13.3 Å². The Kier molecular flexibility index (Phi) is 9.66. The summed E-state index contributed by atoms with van der Waals surface area (Å²) in [6, 6.07) is 0.566. The first kappa shape index (κ1) is 15.3. The molecule has 92 valence electrons. The van der Waals surface area contributed by atoms with E-state index in [1.54, 1.807) is 0 Å². The van der Waals surface area contributed by atoms with Crippen LogP contribution < -0.4 is 0 Å². The molecule has 15 heavy (non-hydrogen) atoms. The third-order valence-electron chi connectivity index (χ3n) is 2.78. The lowest BCUT2D eigenvalue weighted by atomic mass is 10.0. The molecule has 0 rings (SSSR count). The van der Waals surface area contributed by atoms with Crippen LogP contribution in [0.3, 0.4) is 0 Å². The molecule has 1 N–H and O–H groups in total. The molecule has 0 aromatic rings. The van der Waals surface area contributed by atoms with E-state index < -0.39 is 0 Å². The second-order valence-electron chi connectivity index (χ2n) is 4.50. The van der Waals surface area contributed by atoms with Gasteiger partial charge in [-0.25, -0.2) is 0 Å². The van der Waals surface area contributed by atoms with Crippen LogP contribution in [-0.2, 0) is 0 Å². The molecule has 0 aromatic carbocycles. The zero-order valence-electron chi connectivity index (χ0n) is 10.4. The van der Waals surface area contributed by atoms with Gasteiger partial charge < -0.3 is 10.0 Å². The fraction of sp³-hybridized carbons (Fsp3) is 1.00. The van der Waals surface area contributed by atoms with E-state index in [0.717, 1.165) is 25.3 Å². The van der Waals surface area contributed by atoms with Gasteiger partial charge in [0.2, 0.25) is 0 Å². The Morgan fingerprint density at radius 1 is 1.33 bits per heavy atom. The van der Waals surface area contributed by atoms with Gasteiger partial charge in [-0.05, 0) is 38.4 Å². The first-order valence-corrected chi connectivity index (χ1v) is 6.74. The van der Waals surface area contributed by atoms with E-state index in [0.29, 0.717) is 18.6 Å². The van der Waals surface area contributed by atoms with Gasteiger partial charge in [0.15, 0.2) is 0 Å². The maximum atomic E-state index is 8.85. The van der Waals surface area contributed by atoms with Crippen molar-refractivity contribution in [1.82, 2.24) is 4.90 Å². The van der Waals surface area contributed by atoms with Crippen molar-refractivity contribution in [3.05, 3.63) is 0 Å². The predicted octanol–water partition coefficient (Wildman–Crippen LogP) is 2.43. The number of hydrogen-bond donors (Lipinski definition) is 2. The van der Waals surface area contributed by atoms with Crippen LogP contribution in [0.4, 0.5) is 0 Å². The molecule has 0 heterocycles. The molecule has 0 bridgehead atoms. The minimum absolute atomic E-state index is 0.294. The lowest BCUT2D eigenvalue weighted by molar-refractivity contribution is 0.169. The van der Waals surface area contributed by atoms with Crippen LogP contribution in [0.5, 0.6) is 0 Å². The van der Waals surface area contributed by atoms with Crippen molar-refractivity contribution in [3.8, 4) is 0 Å². The highest BCUT2D eigenvalue weighted by Crippen LogP contribution is 2.12. The van der Waals surface area contributed by atoms with Crippen molar-refractivity contribution >= 4 is 12.6 Å². The number of thiol groups is 1. The highest BCUT2D eigenvalue weighted by Gasteiger charge is 2.14. The molecule has 0 aliphatic carbocycles. The third kappa shape index (κ3) is 7.20. The summed E-state index contributed by atoms with van der Waals surface area (Å²) in [5.41, 5.74) is 0. The van der Waals surface area contributed by atoms with E-state index >= 15 is 0 Å². The highest BCUT2D eigenvalue weighted by molar-refractivity contribution is 7.80. The topological polar surface area (TPSA) is 23.5 Å². The highest BCUT2D eigenvalue weighted by atomic mass is 32.1. The van der Waals surface area contributed by atoms with Gasteiger partial charge in [-0.3, -0.25) is 0 Å². The van der Waals surface area contributed by atoms with Crippen LogP contribution in [0.15, 0.2) is 0 Å². The van der Waals surface area contributed by atoms with Gasteiger partial charge in [-0.2, -0.15) is 12.6 Å². The van der Waals surface area contributed by atoms with Gasteiger partial charge >= 0.3 is 0 Å². The van der Waals surface area contributed by atoms with Crippen molar-refractivity contribution in [2.45, 2.75) is 46.1 Å². The Bertz CT molecular complexity index is 142. The van der Waals surface area contributed by atoms with Crippen LogP contribution >= 0.6 is 12.6 Å². The maximum absolute atomic E-state index is 8.85. The van der Waals surface area contributed by atoms with E-state index in [4.69, 9.17) is 5.11 Å². The molecule has 3 heteroatoms. The van der Waals surface area contributed by atoms with Gasteiger partial charge in [0.1, 0.15) is 0 Å². The Balaban J connectivity index is 4.00. The Labute approximate surface area is 100 Å². The largest absolute Gasteiger partial charge is 0.396 e. The van der Waals surface area contributed by atoms with E-state index in [1.807, 2.05) is 0 Å². The minimum atomic E-state index is 0.294. The van der Waals surface area contributed by atoms with E-state index in [9.17, 15) is 0 Å². The fourth-order valence-corrected chi connectivity index (χ4v) is 2.11. The van der Waals surface area contributed by atoms with Crippen LogP contribution in [0.1, 0.15) is 40.0 Å². The van der Waals surface area contributed by atoms with Crippen molar-refractivity contribution in [2.24, 2.45) is 5.92 Å². The Hall–Kier alpha value is 0.270. The average Bonchev–Trinajstić information content (AvgIpc) is 2.22. The summed E-state index contributed by atoms with van der Waals surface area (Å²) < 4.78 is 0. The SMILES string of the molecule is CCCC(CS)CN(CCCO)C(C)C. The first-order valence-electron chi connectivity index (χ1n) is 6.11. The zero-order chi connectivity index (χ0) is 11.7. The molecule has 0 aliphatic heterocycles. The van der Waals surface area contributed by atoms with E-state index in [2.05, 4.69) is 38.3 Å². The van der Waals surface area contributed by atoms with Crippen LogP contribution in [-0.4, -0.2) is 41.5 Å². The summed E-state index contributed by atoms with van der Waals surface area (Å²) in [6.45, 7) is 9.08. The molecule has 2 nitrogen and oxygen atoms in total. The third-order valence-corrected chi connectivity index (χ3v) is 3.30. The summed E-state index contributed by atoms with van der Waals surface area (Å²) in [7, 11) is 0. The molecule has 1 unspecified atom stereocenters. The lowest BCUT2D eigenvalue weighted by Crippen LogP contribution is -2.37. The van der Waals surface area contributed by atoms with E-state index in [-0.39, 0.29) is 0 Å². The van der Waals surface area contributed by atoms with Crippen molar-refractivity contribution < 1.29 is 5.11 Å². The van der Waals surface area contributed by atoms with Gasteiger partial charge in [0, 0.05) is 25.7 Å². The lowest BCUT2D eigenvalue weighted by Gasteiger charge is -2.30. The maximum Gasteiger partial charge on any atom is 0.0443 e. The van der Waals surface area contributed by atoms with E-state index in [1.165, 1.54) is 12.8 Å². The number of aliphatic hydroxyl groups is 1. The summed E-state index contributed by atoms with van der Waals surface area (Å²) in [5.74, 6) is 1.66. The van der Waals surface area contributed by atoms with Gasteiger partial charge in [0.05, 0.1) is 0 Å². The Morgan fingerprint density at radius 2 is 2.00 bits per heavy atom. The fourth-order valence-electron chi connectivity index (χ4n) is 1.81. The second kappa shape index (κ2) is 9.49. The summed E-state index contributed by atoms with van der Waals surface area (Å²) >= 11 is 4.41. The number of rotatable bonds is 9. The number of nitrogens with zero attached hydrogens (tertiary/aromatic N) is 1. The van der Waals surface area contributed by atoms with Crippen molar-refractivity contribution in [1.29, 1.82) is 0 Å². The molecule has 0 fully saturated rings. The normalized spacial score (nSPS) is 13.8. The van der Waals surface area contributed by atoms with Crippen LogP contribution in [0.25, 0.3) is 0 Å². The molecule has 0 radical (unpaired) electrons. The molecule has 0 aliphatic rings. The molecular formula is C12H27NOS. The Morgan fingerprint density at radius 3 is 2.40 bits per heavy atom. The van der Waals surface area contributed by atoms with Crippen molar-refractivity contribution in [2.75, 3.05) is 25.4 Å². The van der Waals surface area contributed by atoms with Crippen LogP contribution in [0.2, 0.25) is 0 Å². The average molecular weight is 233 g/mol. The molecule has 0 aromatic heterocycles.